The first kappa shape index (κ1) is 15.2. The Morgan fingerprint density at radius 1 is 1.04 bits per heavy atom. The van der Waals surface area contributed by atoms with E-state index in [0.29, 0.717) is 17.9 Å². The summed E-state index contributed by atoms with van der Waals surface area (Å²) in [7, 11) is 1.64. The molecule has 0 aliphatic heterocycles. The monoisotopic (exact) mass is 310 g/mol. The Labute approximate surface area is 134 Å². The van der Waals surface area contributed by atoms with Crippen LogP contribution in [0.15, 0.2) is 57.7 Å². The Bertz CT molecular complexity index is 880. The predicted molar refractivity (Wildman–Crippen MR) is 89.2 cm³/mol. The lowest BCUT2D eigenvalue weighted by molar-refractivity contribution is 0.305. The molecular weight excluding hydrogens is 292 g/mol. The van der Waals surface area contributed by atoms with Crippen molar-refractivity contribution >= 4 is 11.0 Å². The van der Waals surface area contributed by atoms with Crippen molar-refractivity contribution in [3.05, 3.63) is 70.1 Å². The van der Waals surface area contributed by atoms with Crippen LogP contribution in [0, 0.1) is 0 Å². The molecule has 0 spiro atoms. The van der Waals surface area contributed by atoms with Crippen molar-refractivity contribution < 1.29 is 13.9 Å². The maximum Gasteiger partial charge on any atom is 0.336 e. The highest BCUT2D eigenvalue weighted by Gasteiger charge is 2.06. The average molecular weight is 310 g/mol. The fourth-order valence-corrected chi connectivity index (χ4v) is 2.52. The lowest BCUT2D eigenvalue weighted by Gasteiger charge is -2.09. The fourth-order valence-electron chi connectivity index (χ4n) is 2.52. The maximum atomic E-state index is 11.6. The smallest absolute Gasteiger partial charge is 0.336 e. The van der Waals surface area contributed by atoms with Crippen LogP contribution in [0.2, 0.25) is 0 Å². The summed E-state index contributed by atoms with van der Waals surface area (Å²) in [5.74, 6) is 1.46. The molecule has 0 saturated heterocycles. The van der Waals surface area contributed by atoms with Crippen LogP contribution in [0.3, 0.4) is 0 Å². The van der Waals surface area contributed by atoms with Gasteiger partial charge in [0.25, 0.3) is 0 Å². The van der Waals surface area contributed by atoms with E-state index in [-0.39, 0.29) is 5.63 Å². The van der Waals surface area contributed by atoms with E-state index in [1.807, 2.05) is 43.3 Å². The quantitative estimate of drug-likeness (QED) is 0.670. The number of hydrogen-bond acceptors (Lipinski definition) is 4. The molecule has 0 N–H and O–H groups in total. The van der Waals surface area contributed by atoms with Crippen molar-refractivity contribution in [3.8, 4) is 11.5 Å². The highest BCUT2D eigenvalue weighted by molar-refractivity contribution is 5.81. The van der Waals surface area contributed by atoms with Crippen LogP contribution in [0.5, 0.6) is 11.5 Å². The van der Waals surface area contributed by atoms with Gasteiger partial charge in [-0.3, -0.25) is 0 Å². The Hall–Kier alpha value is -2.75. The molecule has 2 aromatic carbocycles. The minimum atomic E-state index is -0.334. The molecule has 3 aromatic rings. The Morgan fingerprint density at radius 3 is 2.70 bits per heavy atom. The Kier molecular flexibility index (Phi) is 4.33. The van der Waals surface area contributed by atoms with E-state index >= 15 is 0 Å². The minimum absolute atomic E-state index is 0.334. The van der Waals surface area contributed by atoms with E-state index in [0.717, 1.165) is 28.7 Å². The summed E-state index contributed by atoms with van der Waals surface area (Å²) in [5, 5.41) is 0.945. The van der Waals surface area contributed by atoms with Crippen molar-refractivity contribution in [1.82, 2.24) is 0 Å². The van der Waals surface area contributed by atoms with E-state index in [2.05, 4.69) is 0 Å². The van der Waals surface area contributed by atoms with Gasteiger partial charge in [-0.15, -0.1) is 0 Å². The summed E-state index contributed by atoms with van der Waals surface area (Å²) in [5.41, 5.74) is 2.21. The van der Waals surface area contributed by atoms with E-state index in [1.165, 1.54) is 0 Å². The number of methoxy groups -OCH3 is 1. The van der Waals surface area contributed by atoms with Crippen LogP contribution in [0.1, 0.15) is 18.1 Å². The summed E-state index contributed by atoms with van der Waals surface area (Å²) in [6, 6.07) is 14.8. The zero-order valence-corrected chi connectivity index (χ0v) is 13.2. The average Bonchev–Trinajstić information content (AvgIpc) is 2.59. The normalized spacial score (nSPS) is 10.7. The third-order valence-electron chi connectivity index (χ3n) is 3.72. The molecule has 118 valence electrons. The van der Waals surface area contributed by atoms with E-state index in [9.17, 15) is 4.79 Å². The zero-order valence-electron chi connectivity index (χ0n) is 13.2. The van der Waals surface area contributed by atoms with E-state index < -0.39 is 0 Å². The first-order chi connectivity index (χ1) is 11.2. The van der Waals surface area contributed by atoms with Gasteiger partial charge in [0.15, 0.2) is 0 Å². The number of fused-ring (bicyclic) bond motifs is 1. The van der Waals surface area contributed by atoms with Gasteiger partial charge >= 0.3 is 5.63 Å². The number of aryl methyl sites for hydroxylation is 1. The highest BCUT2D eigenvalue weighted by atomic mass is 16.5. The predicted octanol–water partition coefficient (Wildman–Crippen LogP) is 3.94. The van der Waals surface area contributed by atoms with Crippen molar-refractivity contribution in [3.63, 3.8) is 0 Å². The summed E-state index contributed by atoms with van der Waals surface area (Å²) in [6.07, 6.45) is 0.784. The zero-order chi connectivity index (χ0) is 16.2. The second kappa shape index (κ2) is 6.57. The summed E-state index contributed by atoms with van der Waals surface area (Å²) in [6.45, 7) is 2.43. The van der Waals surface area contributed by atoms with Gasteiger partial charge in [0, 0.05) is 17.5 Å². The highest BCUT2D eigenvalue weighted by Crippen LogP contribution is 2.24. The summed E-state index contributed by atoms with van der Waals surface area (Å²) >= 11 is 0. The molecule has 1 aromatic heterocycles. The topological polar surface area (TPSA) is 48.7 Å². The van der Waals surface area contributed by atoms with Gasteiger partial charge in [-0.1, -0.05) is 19.1 Å². The molecule has 3 rings (SSSR count). The third kappa shape index (κ3) is 3.37. The molecule has 4 nitrogen and oxygen atoms in total. The van der Waals surface area contributed by atoms with Gasteiger partial charge in [0.1, 0.15) is 23.7 Å². The second-order valence-corrected chi connectivity index (χ2v) is 5.24. The van der Waals surface area contributed by atoms with E-state index in [1.54, 1.807) is 19.2 Å². The SMILES string of the molecule is CCc1cc(=O)oc2cc(OCc3cccc(OC)c3)ccc12. The molecule has 23 heavy (non-hydrogen) atoms. The van der Waals surface area contributed by atoms with Crippen molar-refractivity contribution in [2.45, 2.75) is 20.0 Å². The maximum absolute atomic E-state index is 11.6. The first-order valence-electron chi connectivity index (χ1n) is 7.52. The Morgan fingerprint density at radius 2 is 1.91 bits per heavy atom. The van der Waals surface area contributed by atoms with E-state index in [4.69, 9.17) is 13.9 Å². The number of benzene rings is 2. The lowest BCUT2D eigenvalue weighted by atomic mass is 10.1. The van der Waals surface area contributed by atoms with Crippen LogP contribution in [0.4, 0.5) is 0 Å². The molecule has 4 heteroatoms. The largest absolute Gasteiger partial charge is 0.497 e. The fraction of sp³-hybridized carbons (Fsp3) is 0.211. The van der Waals surface area contributed by atoms with Gasteiger partial charge in [-0.2, -0.15) is 0 Å². The standard InChI is InChI=1S/C19H18O4/c1-3-14-10-19(20)23-18-11-16(7-8-17(14)18)22-12-13-5-4-6-15(9-13)21-2/h4-11H,3,12H2,1-2H3. The third-order valence-corrected chi connectivity index (χ3v) is 3.72. The molecule has 0 aliphatic rings. The molecule has 0 unspecified atom stereocenters. The number of rotatable bonds is 5. The molecular formula is C19H18O4. The molecule has 0 radical (unpaired) electrons. The van der Waals surface area contributed by atoms with Crippen LogP contribution in [-0.4, -0.2) is 7.11 Å². The molecule has 0 atom stereocenters. The lowest BCUT2D eigenvalue weighted by Crippen LogP contribution is -2.00. The van der Waals surface area contributed by atoms with Gasteiger partial charge in [-0.05, 0) is 41.8 Å². The van der Waals surface area contributed by atoms with Crippen molar-refractivity contribution in [1.29, 1.82) is 0 Å². The number of hydrogen-bond donors (Lipinski definition) is 0. The molecule has 1 heterocycles. The van der Waals surface area contributed by atoms with Crippen LogP contribution in [-0.2, 0) is 13.0 Å². The second-order valence-electron chi connectivity index (χ2n) is 5.24. The first-order valence-corrected chi connectivity index (χ1v) is 7.52. The van der Waals surface area contributed by atoms with Gasteiger partial charge in [0.2, 0.25) is 0 Å². The van der Waals surface area contributed by atoms with Gasteiger partial charge < -0.3 is 13.9 Å². The summed E-state index contributed by atoms with van der Waals surface area (Å²) in [4.78, 5) is 11.6. The van der Waals surface area contributed by atoms with Crippen LogP contribution >= 0.6 is 0 Å². The van der Waals surface area contributed by atoms with Gasteiger partial charge in [-0.25, -0.2) is 4.79 Å². The Balaban J connectivity index is 1.84. The van der Waals surface area contributed by atoms with Crippen LogP contribution in [0.25, 0.3) is 11.0 Å². The summed E-state index contributed by atoms with van der Waals surface area (Å²) < 4.78 is 16.3. The van der Waals surface area contributed by atoms with Crippen molar-refractivity contribution in [2.24, 2.45) is 0 Å². The van der Waals surface area contributed by atoms with Gasteiger partial charge in [0.05, 0.1) is 7.11 Å². The molecule has 0 fully saturated rings. The minimum Gasteiger partial charge on any atom is -0.497 e. The van der Waals surface area contributed by atoms with Crippen molar-refractivity contribution in [2.75, 3.05) is 7.11 Å². The number of ether oxygens (including phenoxy) is 2. The molecule has 0 bridgehead atoms. The van der Waals surface area contributed by atoms with Crippen LogP contribution < -0.4 is 15.1 Å². The molecule has 0 amide bonds. The molecule has 0 saturated carbocycles. The molecule has 0 aliphatic carbocycles.